The molecule has 4 N–H and O–H groups in total. The number of benzene rings is 1. The summed E-state index contributed by atoms with van der Waals surface area (Å²) in [4.78, 5) is 22.4. The van der Waals surface area contributed by atoms with Crippen molar-refractivity contribution in [2.24, 2.45) is 5.73 Å². The Kier molecular flexibility index (Phi) is 5.67. The zero-order valence-electron chi connectivity index (χ0n) is 9.74. The SMILES string of the molecule is N[C@H](Cc1ccccc1)C(=O)N[C@@H](CS)C(=O)O. The van der Waals surface area contributed by atoms with Gasteiger partial charge in [0.25, 0.3) is 0 Å². The number of nitrogens with one attached hydrogen (secondary N) is 1. The Labute approximate surface area is 111 Å². The van der Waals surface area contributed by atoms with Crippen LogP contribution in [0.25, 0.3) is 0 Å². The van der Waals surface area contributed by atoms with Gasteiger partial charge in [-0.3, -0.25) is 4.79 Å². The molecular weight excluding hydrogens is 252 g/mol. The highest BCUT2D eigenvalue weighted by Crippen LogP contribution is 2.02. The molecule has 0 heterocycles. The maximum Gasteiger partial charge on any atom is 0.327 e. The third-order valence-corrected chi connectivity index (χ3v) is 2.80. The topological polar surface area (TPSA) is 92.4 Å². The lowest BCUT2D eigenvalue weighted by molar-refractivity contribution is -0.141. The van der Waals surface area contributed by atoms with Crippen LogP contribution in [-0.4, -0.2) is 34.8 Å². The van der Waals surface area contributed by atoms with Crippen molar-refractivity contribution >= 4 is 24.5 Å². The molecule has 0 aliphatic rings. The number of carbonyl (C=O) groups is 2. The molecule has 0 radical (unpaired) electrons. The summed E-state index contributed by atoms with van der Waals surface area (Å²) in [7, 11) is 0. The number of carbonyl (C=O) groups excluding carboxylic acids is 1. The fraction of sp³-hybridized carbons (Fsp3) is 0.333. The molecule has 0 aliphatic heterocycles. The number of carboxylic acid groups (broad SMARTS) is 1. The van der Waals surface area contributed by atoms with Crippen molar-refractivity contribution in [3.8, 4) is 0 Å². The second-order valence-electron chi connectivity index (χ2n) is 3.88. The van der Waals surface area contributed by atoms with Crippen LogP contribution >= 0.6 is 12.6 Å². The lowest BCUT2D eigenvalue weighted by Crippen LogP contribution is -2.50. The number of amides is 1. The van der Waals surface area contributed by atoms with Gasteiger partial charge in [-0.15, -0.1) is 0 Å². The van der Waals surface area contributed by atoms with E-state index >= 15 is 0 Å². The first kappa shape index (κ1) is 14.5. The molecule has 1 amide bonds. The van der Waals surface area contributed by atoms with E-state index in [1.54, 1.807) is 0 Å². The Balaban J connectivity index is 2.54. The summed E-state index contributed by atoms with van der Waals surface area (Å²) in [6, 6.07) is 7.52. The molecule has 5 nitrogen and oxygen atoms in total. The number of aliphatic carboxylic acids is 1. The molecule has 1 aromatic rings. The van der Waals surface area contributed by atoms with Gasteiger partial charge in [0.2, 0.25) is 5.91 Å². The predicted molar refractivity (Wildman–Crippen MR) is 71.5 cm³/mol. The van der Waals surface area contributed by atoms with Gasteiger partial charge in [0, 0.05) is 5.75 Å². The van der Waals surface area contributed by atoms with Gasteiger partial charge in [-0.1, -0.05) is 30.3 Å². The highest BCUT2D eigenvalue weighted by molar-refractivity contribution is 7.80. The van der Waals surface area contributed by atoms with Crippen LogP contribution in [0.3, 0.4) is 0 Å². The minimum atomic E-state index is -1.12. The van der Waals surface area contributed by atoms with E-state index < -0.39 is 24.0 Å². The van der Waals surface area contributed by atoms with E-state index in [1.807, 2.05) is 30.3 Å². The lowest BCUT2D eigenvalue weighted by Gasteiger charge is -2.16. The van der Waals surface area contributed by atoms with Crippen molar-refractivity contribution in [2.45, 2.75) is 18.5 Å². The minimum Gasteiger partial charge on any atom is -0.480 e. The summed E-state index contributed by atoms with van der Waals surface area (Å²) in [5, 5.41) is 11.1. The molecule has 6 heteroatoms. The maximum absolute atomic E-state index is 11.7. The standard InChI is InChI=1S/C12H16N2O3S/c13-9(6-8-4-2-1-3-5-8)11(15)14-10(7-18)12(16)17/h1-5,9-10,18H,6-7,13H2,(H,14,15)(H,16,17)/t9-,10+/m1/s1. The number of carboxylic acids is 1. The number of rotatable bonds is 6. The second kappa shape index (κ2) is 7.03. The molecule has 2 atom stereocenters. The summed E-state index contributed by atoms with van der Waals surface area (Å²) in [6.45, 7) is 0. The van der Waals surface area contributed by atoms with Crippen LogP contribution in [0.1, 0.15) is 5.56 Å². The summed E-state index contributed by atoms with van der Waals surface area (Å²) >= 11 is 3.86. The van der Waals surface area contributed by atoms with E-state index in [-0.39, 0.29) is 5.75 Å². The van der Waals surface area contributed by atoms with Gasteiger partial charge in [-0.25, -0.2) is 4.79 Å². The molecular formula is C12H16N2O3S. The molecule has 0 aliphatic carbocycles. The van der Waals surface area contributed by atoms with Crippen LogP contribution < -0.4 is 11.1 Å². The first-order chi connectivity index (χ1) is 8.54. The van der Waals surface area contributed by atoms with Crippen LogP contribution in [0.2, 0.25) is 0 Å². The first-order valence-electron chi connectivity index (χ1n) is 5.48. The predicted octanol–water partition coefficient (Wildman–Crippen LogP) is 0.0556. The average molecular weight is 268 g/mol. The van der Waals surface area contributed by atoms with Crippen molar-refractivity contribution in [1.82, 2.24) is 5.32 Å². The van der Waals surface area contributed by atoms with E-state index in [9.17, 15) is 9.59 Å². The molecule has 0 saturated carbocycles. The maximum atomic E-state index is 11.7. The number of hydrogen-bond acceptors (Lipinski definition) is 4. The molecule has 1 aromatic carbocycles. The molecule has 0 aromatic heterocycles. The summed E-state index contributed by atoms with van der Waals surface area (Å²) in [6.07, 6.45) is 0.367. The number of thiol groups is 1. The molecule has 0 saturated heterocycles. The van der Waals surface area contributed by atoms with Gasteiger partial charge >= 0.3 is 5.97 Å². The Morgan fingerprint density at radius 3 is 2.44 bits per heavy atom. The van der Waals surface area contributed by atoms with Crippen molar-refractivity contribution in [3.05, 3.63) is 35.9 Å². The van der Waals surface area contributed by atoms with Crippen molar-refractivity contribution in [3.63, 3.8) is 0 Å². The third-order valence-electron chi connectivity index (χ3n) is 2.43. The molecule has 0 unspecified atom stereocenters. The van der Waals surface area contributed by atoms with E-state index in [2.05, 4.69) is 17.9 Å². The minimum absolute atomic E-state index is 0.0269. The fourth-order valence-electron chi connectivity index (χ4n) is 1.42. The van der Waals surface area contributed by atoms with E-state index in [1.165, 1.54) is 0 Å². The third kappa shape index (κ3) is 4.38. The van der Waals surface area contributed by atoms with Gasteiger partial charge in [-0.2, -0.15) is 12.6 Å². The van der Waals surface area contributed by atoms with Crippen LogP contribution in [0.5, 0.6) is 0 Å². The summed E-state index contributed by atoms with van der Waals surface area (Å²) < 4.78 is 0. The van der Waals surface area contributed by atoms with Crippen LogP contribution in [0.4, 0.5) is 0 Å². The highest BCUT2D eigenvalue weighted by Gasteiger charge is 2.21. The number of nitrogens with two attached hydrogens (primary N) is 1. The molecule has 0 spiro atoms. The Hall–Kier alpha value is -1.53. The lowest BCUT2D eigenvalue weighted by atomic mass is 10.1. The van der Waals surface area contributed by atoms with Crippen LogP contribution in [-0.2, 0) is 16.0 Å². The molecule has 18 heavy (non-hydrogen) atoms. The fourth-order valence-corrected chi connectivity index (χ4v) is 1.67. The molecule has 98 valence electrons. The monoisotopic (exact) mass is 268 g/mol. The van der Waals surface area contributed by atoms with Crippen molar-refractivity contribution in [2.75, 3.05) is 5.75 Å². The van der Waals surface area contributed by atoms with E-state index in [4.69, 9.17) is 10.8 Å². The van der Waals surface area contributed by atoms with Gasteiger partial charge < -0.3 is 16.2 Å². The van der Waals surface area contributed by atoms with Gasteiger partial charge in [-0.05, 0) is 12.0 Å². The number of hydrogen-bond donors (Lipinski definition) is 4. The Morgan fingerprint density at radius 1 is 1.33 bits per heavy atom. The molecule has 0 fully saturated rings. The first-order valence-corrected chi connectivity index (χ1v) is 6.11. The average Bonchev–Trinajstić information content (AvgIpc) is 2.36. The van der Waals surface area contributed by atoms with Crippen molar-refractivity contribution in [1.29, 1.82) is 0 Å². The highest BCUT2D eigenvalue weighted by atomic mass is 32.1. The second-order valence-corrected chi connectivity index (χ2v) is 4.24. The van der Waals surface area contributed by atoms with E-state index in [0.717, 1.165) is 5.56 Å². The van der Waals surface area contributed by atoms with Gasteiger partial charge in [0.1, 0.15) is 6.04 Å². The van der Waals surface area contributed by atoms with Gasteiger partial charge in [0.15, 0.2) is 0 Å². The van der Waals surface area contributed by atoms with Crippen molar-refractivity contribution < 1.29 is 14.7 Å². The van der Waals surface area contributed by atoms with E-state index in [0.29, 0.717) is 6.42 Å². The summed E-state index contributed by atoms with van der Waals surface area (Å²) in [5.41, 5.74) is 6.65. The Morgan fingerprint density at radius 2 is 1.94 bits per heavy atom. The molecule has 1 rings (SSSR count). The normalized spacial score (nSPS) is 13.7. The van der Waals surface area contributed by atoms with Crippen LogP contribution in [0.15, 0.2) is 30.3 Å². The summed E-state index contributed by atoms with van der Waals surface area (Å²) in [5.74, 6) is -1.58. The quantitative estimate of drug-likeness (QED) is 0.549. The molecule has 0 bridgehead atoms. The zero-order chi connectivity index (χ0) is 13.5. The van der Waals surface area contributed by atoms with Gasteiger partial charge in [0.05, 0.1) is 6.04 Å². The Bertz CT molecular complexity index is 411. The van der Waals surface area contributed by atoms with Crippen LogP contribution in [0, 0.1) is 0 Å². The smallest absolute Gasteiger partial charge is 0.327 e. The zero-order valence-corrected chi connectivity index (χ0v) is 10.6. The largest absolute Gasteiger partial charge is 0.480 e.